The SMILES string of the molecule is CCOC(=O)c1c(NC(=O)CSc2nnc(COc3ccc(Cl)cc3C)n2C)sc(C(N)=O)c1C. The number of nitrogens with one attached hydrogen (secondary N) is 1. The van der Waals surface area contributed by atoms with Gasteiger partial charge < -0.3 is 25.1 Å². The van der Waals surface area contributed by atoms with Crippen LogP contribution in [0.1, 0.15) is 43.9 Å². The van der Waals surface area contributed by atoms with Crippen LogP contribution in [0.3, 0.4) is 0 Å². The van der Waals surface area contributed by atoms with Crippen LogP contribution in [0.15, 0.2) is 23.4 Å². The van der Waals surface area contributed by atoms with E-state index in [0.29, 0.717) is 27.3 Å². The number of aromatic nitrogens is 3. The third-order valence-corrected chi connectivity index (χ3v) is 7.33. The number of nitrogens with two attached hydrogens (primary N) is 1. The molecule has 0 radical (unpaired) electrons. The van der Waals surface area contributed by atoms with Gasteiger partial charge in [0, 0.05) is 12.1 Å². The van der Waals surface area contributed by atoms with E-state index in [2.05, 4.69) is 15.5 Å². The Morgan fingerprint density at radius 3 is 2.66 bits per heavy atom. The lowest BCUT2D eigenvalue weighted by Crippen LogP contribution is -2.17. The Balaban J connectivity index is 1.64. The van der Waals surface area contributed by atoms with Crippen molar-refractivity contribution in [1.82, 2.24) is 14.8 Å². The lowest BCUT2D eigenvalue weighted by atomic mass is 10.1. The van der Waals surface area contributed by atoms with Crippen LogP contribution >= 0.6 is 34.7 Å². The second kappa shape index (κ2) is 11.6. The van der Waals surface area contributed by atoms with Crippen molar-refractivity contribution in [2.75, 3.05) is 17.7 Å². The van der Waals surface area contributed by atoms with E-state index < -0.39 is 17.8 Å². The third kappa shape index (κ3) is 6.32. The molecule has 0 fully saturated rings. The molecular weight excluding hydrogens is 514 g/mol. The third-order valence-electron chi connectivity index (χ3n) is 4.85. The monoisotopic (exact) mass is 537 g/mol. The molecule has 2 heterocycles. The van der Waals surface area contributed by atoms with Gasteiger partial charge in [0.15, 0.2) is 11.0 Å². The number of esters is 1. The number of carbonyl (C=O) groups is 3. The molecule has 1 aromatic carbocycles. The molecule has 0 atom stereocenters. The van der Waals surface area contributed by atoms with Crippen molar-refractivity contribution in [3.63, 3.8) is 0 Å². The van der Waals surface area contributed by atoms with Gasteiger partial charge in [0.25, 0.3) is 5.91 Å². The normalized spacial score (nSPS) is 10.8. The summed E-state index contributed by atoms with van der Waals surface area (Å²) in [5.74, 6) is -0.456. The number of hydrogen-bond donors (Lipinski definition) is 2. The molecule has 0 aliphatic carbocycles. The number of rotatable bonds is 10. The molecule has 3 N–H and O–H groups in total. The number of halogens is 1. The van der Waals surface area contributed by atoms with Crippen LogP contribution in [-0.2, 0) is 23.2 Å². The number of thiophene rings is 1. The van der Waals surface area contributed by atoms with Crippen LogP contribution in [0.2, 0.25) is 5.02 Å². The molecule has 2 aromatic heterocycles. The molecule has 0 saturated heterocycles. The number of nitrogens with zero attached hydrogens (tertiary/aromatic N) is 3. The first-order valence-electron chi connectivity index (χ1n) is 10.4. The Labute approximate surface area is 215 Å². The van der Waals surface area contributed by atoms with Crippen molar-refractivity contribution >= 4 is 57.5 Å². The first kappa shape index (κ1) is 26.5. The van der Waals surface area contributed by atoms with Gasteiger partial charge >= 0.3 is 5.97 Å². The molecule has 0 aliphatic heterocycles. The maximum atomic E-state index is 12.6. The number of primary amides is 1. The van der Waals surface area contributed by atoms with Crippen molar-refractivity contribution in [1.29, 1.82) is 0 Å². The molecule has 0 spiro atoms. The maximum Gasteiger partial charge on any atom is 0.341 e. The van der Waals surface area contributed by atoms with Crippen molar-refractivity contribution in [3.05, 3.63) is 50.6 Å². The molecule has 186 valence electrons. The maximum absolute atomic E-state index is 12.6. The molecule has 10 nitrogen and oxygen atoms in total. The fourth-order valence-electron chi connectivity index (χ4n) is 3.09. The zero-order valence-corrected chi connectivity index (χ0v) is 21.9. The largest absolute Gasteiger partial charge is 0.485 e. The number of benzene rings is 1. The summed E-state index contributed by atoms with van der Waals surface area (Å²) in [6.07, 6.45) is 0. The number of amides is 2. The van der Waals surface area contributed by atoms with Gasteiger partial charge in [0.05, 0.1) is 22.8 Å². The van der Waals surface area contributed by atoms with E-state index in [1.54, 1.807) is 37.6 Å². The number of carbonyl (C=O) groups excluding carboxylic acids is 3. The number of thioether (sulfide) groups is 1. The average Bonchev–Trinajstić information content (AvgIpc) is 3.31. The summed E-state index contributed by atoms with van der Waals surface area (Å²) in [5, 5.41) is 12.3. The van der Waals surface area contributed by atoms with E-state index in [1.807, 2.05) is 13.0 Å². The van der Waals surface area contributed by atoms with Crippen LogP contribution in [0.25, 0.3) is 0 Å². The highest BCUT2D eigenvalue weighted by atomic mass is 35.5. The van der Waals surface area contributed by atoms with Crippen molar-refractivity contribution in [2.24, 2.45) is 12.8 Å². The lowest BCUT2D eigenvalue weighted by molar-refractivity contribution is -0.113. The molecule has 13 heteroatoms. The first-order chi connectivity index (χ1) is 16.6. The molecule has 0 aliphatic rings. The summed E-state index contributed by atoms with van der Waals surface area (Å²) in [7, 11) is 1.77. The summed E-state index contributed by atoms with van der Waals surface area (Å²) in [5.41, 5.74) is 6.80. The highest BCUT2D eigenvalue weighted by Gasteiger charge is 2.26. The average molecular weight is 538 g/mol. The second-order valence-corrected chi connectivity index (χ2v) is 9.74. The Kier molecular flexibility index (Phi) is 8.76. The minimum atomic E-state index is -0.685. The van der Waals surface area contributed by atoms with Crippen LogP contribution in [0.5, 0.6) is 5.75 Å². The van der Waals surface area contributed by atoms with Gasteiger partial charge in [0.2, 0.25) is 5.91 Å². The number of hydrogen-bond acceptors (Lipinski definition) is 9. The molecule has 2 amide bonds. The highest BCUT2D eigenvalue weighted by molar-refractivity contribution is 7.99. The topological polar surface area (TPSA) is 138 Å². The van der Waals surface area contributed by atoms with Crippen molar-refractivity contribution < 1.29 is 23.9 Å². The van der Waals surface area contributed by atoms with Gasteiger partial charge in [-0.15, -0.1) is 21.5 Å². The van der Waals surface area contributed by atoms with Gasteiger partial charge in [-0.1, -0.05) is 23.4 Å². The minimum Gasteiger partial charge on any atom is -0.485 e. The predicted octanol–water partition coefficient (Wildman–Crippen LogP) is 3.73. The quantitative estimate of drug-likeness (QED) is 0.294. The van der Waals surface area contributed by atoms with Gasteiger partial charge in [-0.05, 0) is 50.1 Å². The minimum absolute atomic E-state index is 0.00571. The predicted molar refractivity (Wildman–Crippen MR) is 134 cm³/mol. The zero-order valence-electron chi connectivity index (χ0n) is 19.5. The van der Waals surface area contributed by atoms with E-state index >= 15 is 0 Å². The van der Waals surface area contributed by atoms with Gasteiger partial charge in [-0.2, -0.15) is 0 Å². The Hall–Kier alpha value is -3.09. The molecule has 0 unspecified atom stereocenters. The summed E-state index contributed by atoms with van der Waals surface area (Å²) in [4.78, 5) is 36.9. The van der Waals surface area contributed by atoms with Crippen LogP contribution in [0, 0.1) is 13.8 Å². The Morgan fingerprint density at radius 2 is 2.00 bits per heavy atom. The van der Waals surface area contributed by atoms with E-state index in [4.69, 9.17) is 26.8 Å². The zero-order chi connectivity index (χ0) is 25.7. The summed E-state index contributed by atoms with van der Waals surface area (Å²) in [6.45, 7) is 5.49. The molecule has 3 rings (SSSR count). The summed E-state index contributed by atoms with van der Waals surface area (Å²) < 4.78 is 12.6. The first-order valence-corrected chi connectivity index (χ1v) is 12.6. The van der Waals surface area contributed by atoms with Crippen LogP contribution in [-0.4, -0.2) is 44.9 Å². The summed E-state index contributed by atoms with van der Waals surface area (Å²) in [6, 6.07) is 5.34. The fraction of sp³-hybridized carbons (Fsp3) is 0.318. The standard InChI is InChI=1S/C22H24ClN5O5S2/c1-5-32-21(31)17-12(3)18(19(24)30)35-20(17)25-16(29)10-34-22-27-26-15(28(22)4)9-33-14-7-6-13(23)8-11(14)2/h6-8H,5,9-10H2,1-4H3,(H2,24,30)(H,25,29). The van der Waals surface area contributed by atoms with Crippen LogP contribution in [0.4, 0.5) is 5.00 Å². The number of anilines is 1. The van der Waals surface area contributed by atoms with Gasteiger partial charge in [0.1, 0.15) is 17.4 Å². The Bertz CT molecular complexity index is 1270. The molecule has 0 bridgehead atoms. The van der Waals surface area contributed by atoms with Gasteiger partial charge in [-0.3, -0.25) is 9.59 Å². The molecule has 0 saturated carbocycles. The molecule has 35 heavy (non-hydrogen) atoms. The van der Waals surface area contributed by atoms with Crippen molar-refractivity contribution in [3.8, 4) is 5.75 Å². The van der Waals surface area contributed by atoms with E-state index in [0.717, 1.165) is 28.7 Å². The number of aryl methyl sites for hydroxylation is 1. The second-order valence-electron chi connectivity index (χ2n) is 7.34. The van der Waals surface area contributed by atoms with Crippen molar-refractivity contribution in [2.45, 2.75) is 32.5 Å². The van der Waals surface area contributed by atoms with Gasteiger partial charge in [-0.25, -0.2) is 4.79 Å². The van der Waals surface area contributed by atoms with E-state index in [1.165, 1.54) is 0 Å². The smallest absolute Gasteiger partial charge is 0.341 e. The van der Waals surface area contributed by atoms with E-state index in [-0.39, 0.29) is 34.4 Å². The van der Waals surface area contributed by atoms with E-state index in [9.17, 15) is 14.4 Å². The van der Waals surface area contributed by atoms with Crippen LogP contribution < -0.4 is 15.8 Å². The number of ether oxygens (including phenoxy) is 2. The molecule has 3 aromatic rings. The summed E-state index contributed by atoms with van der Waals surface area (Å²) >= 11 is 8.08. The highest BCUT2D eigenvalue weighted by Crippen LogP contribution is 2.34. The lowest BCUT2D eigenvalue weighted by Gasteiger charge is -2.09. The Morgan fingerprint density at radius 1 is 1.26 bits per heavy atom. The molecular formula is C22H24ClN5O5S2. The fourth-order valence-corrected chi connectivity index (χ4v) is 5.11.